The Morgan fingerprint density at radius 1 is 0.293 bits per heavy atom. The normalized spacial score (nSPS) is 12.1. The van der Waals surface area contributed by atoms with Crippen molar-refractivity contribution in [3.8, 4) is 78.6 Å². The highest BCUT2D eigenvalue weighted by Gasteiger charge is 2.25. The highest BCUT2D eigenvalue weighted by atomic mass is 16.5. The molecule has 4 nitrogen and oxygen atoms in total. The average molecular weight is 744 g/mol. The maximum Gasteiger partial charge on any atom is 0.143 e. The lowest BCUT2D eigenvalue weighted by Gasteiger charge is -2.27. The number of fused-ring (bicyclic) bond motifs is 13. The molecule has 0 amide bonds. The van der Waals surface area contributed by atoms with Gasteiger partial charge < -0.3 is 18.8 Å². The zero-order valence-corrected chi connectivity index (χ0v) is 31.2. The second-order valence-electron chi connectivity index (χ2n) is 14.8. The summed E-state index contributed by atoms with van der Waals surface area (Å²) in [7, 11) is 0. The lowest BCUT2D eigenvalue weighted by atomic mass is 9.92. The topological polar surface area (TPSA) is 34.8 Å². The van der Waals surface area contributed by atoms with Crippen LogP contribution >= 0.6 is 0 Å². The van der Waals surface area contributed by atoms with Crippen molar-refractivity contribution in [1.29, 1.82) is 0 Å². The molecular weight excluding hydrogens is 711 g/mol. The van der Waals surface area contributed by atoms with E-state index in [0.29, 0.717) is 0 Å². The van der Waals surface area contributed by atoms with Gasteiger partial charge in [-0.25, -0.2) is 0 Å². The van der Waals surface area contributed by atoms with Gasteiger partial charge in [0.2, 0.25) is 0 Å². The number of para-hydroxylation sites is 5. The molecule has 272 valence electrons. The van der Waals surface area contributed by atoms with Crippen molar-refractivity contribution in [2.75, 3.05) is 4.90 Å². The molecule has 0 bridgehead atoms. The molecule has 2 aliphatic rings. The van der Waals surface area contributed by atoms with Crippen molar-refractivity contribution in [1.82, 2.24) is 0 Å². The number of nitrogens with zero attached hydrogens (tertiary/aromatic N) is 1. The molecule has 0 saturated carbocycles. The fourth-order valence-corrected chi connectivity index (χ4v) is 8.82. The van der Waals surface area contributed by atoms with Crippen molar-refractivity contribution >= 4 is 39.0 Å². The van der Waals surface area contributed by atoms with E-state index in [4.69, 9.17) is 13.9 Å². The summed E-state index contributed by atoms with van der Waals surface area (Å²) in [5.74, 6) is 3.39. The second kappa shape index (κ2) is 12.9. The van der Waals surface area contributed by atoms with Crippen LogP contribution in [0.25, 0.3) is 77.6 Å². The van der Waals surface area contributed by atoms with Crippen LogP contribution in [0, 0.1) is 0 Å². The maximum absolute atomic E-state index is 6.84. The van der Waals surface area contributed by atoms with Crippen LogP contribution < -0.4 is 14.4 Å². The number of rotatable bonds is 4. The summed E-state index contributed by atoms with van der Waals surface area (Å²) in [6.07, 6.45) is 0. The molecule has 3 heterocycles. The summed E-state index contributed by atoms with van der Waals surface area (Å²) < 4.78 is 19.7. The molecule has 4 heteroatoms. The third-order valence-corrected chi connectivity index (χ3v) is 11.5. The first-order valence-corrected chi connectivity index (χ1v) is 19.6. The molecule has 58 heavy (non-hydrogen) atoms. The van der Waals surface area contributed by atoms with Crippen molar-refractivity contribution in [3.05, 3.63) is 200 Å². The van der Waals surface area contributed by atoms with E-state index < -0.39 is 0 Å². The molecule has 2 aliphatic heterocycles. The first kappa shape index (κ1) is 32.4. The van der Waals surface area contributed by atoms with Crippen molar-refractivity contribution in [3.63, 3.8) is 0 Å². The molecule has 0 atom stereocenters. The molecular formula is C54H33NO3. The van der Waals surface area contributed by atoms with Gasteiger partial charge in [0.15, 0.2) is 0 Å². The Morgan fingerprint density at radius 2 is 0.793 bits per heavy atom. The van der Waals surface area contributed by atoms with E-state index in [1.165, 1.54) is 5.56 Å². The van der Waals surface area contributed by atoms with Gasteiger partial charge in [-0.1, -0.05) is 133 Å². The van der Waals surface area contributed by atoms with Crippen LogP contribution in [0.2, 0.25) is 0 Å². The zero-order valence-electron chi connectivity index (χ0n) is 31.2. The number of furan rings is 1. The summed E-state index contributed by atoms with van der Waals surface area (Å²) >= 11 is 0. The Balaban J connectivity index is 1.03. The Kier molecular flexibility index (Phi) is 7.20. The van der Waals surface area contributed by atoms with Crippen LogP contribution in [-0.4, -0.2) is 0 Å². The molecule has 0 saturated heterocycles. The quantitative estimate of drug-likeness (QED) is 0.180. The van der Waals surface area contributed by atoms with E-state index >= 15 is 0 Å². The third-order valence-electron chi connectivity index (χ3n) is 11.5. The second-order valence-corrected chi connectivity index (χ2v) is 14.8. The van der Waals surface area contributed by atoms with E-state index in [1.54, 1.807) is 0 Å². The summed E-state index contributed by atoms with van der Waals surface area (Å²) in [5, 5.41) is 2.16. The van der Waals surface area contributed by atoms with E-state index in [0.717, 1.165) is 112 Å². The minimum Gasteiger partial charge on any atom is -0.456 e. The molecule has 0 spiro atoms. The van der Waals surface area contributed by atoms with Gasteiger partial charge in [0, 0.05) is 55.7 Å². The van der Waals surface area contributed by atoms with Crippen molar-refractivity contribution in [2.45, 2.75) is 0 Å². The van der Waals surface area contributed by atoms with Crippen LogP contribution in [0.5, 0.6) is 23.0 Å². The van der Waals surface area contributed by atoms with E-state index in [1.807, 2.05) is 42.5 Å². The Morgan fingerprint density at radius 3 is 1.53 bits per heavy atom. The Labute approximate surface area is 335 Å². The standard InChI is InChI=1S/C54H33NO3/c1-2-13-40-39(12-1)42-14-4-10-23-52(42)58-54-38(18-11-19-46(40)54)34-24-26-35(27-25-34)55(37-29-31-53-48(33-37)45-17-6-9-22-51(45)57-53)36-28-30-41-43-15-3-7-20-49(43)56-50-21-8-5-16-44(50)47(41)32-36/h1-33H. The van der Waals surface area contributed by atoms with Crippen LogP contribution in [0.15, 0.2) is 205 Å². The van der Waals surface area contributed by atoms with Crippen molar-refractivity contribution in [2.24, 2.45) is 0 Å². The highest BCUT2D eigenvalue weighted by Crippen LogP contribution is 2.52. The summed E-state index contributed by atoms with van der Waals surface area (Å²) in [4.78, 5) is 2.33. The van der Waals surface area contributed by atoms with Gasteiger partial charge in [0.1, 0.15) is 34.2 Å². The van der Waals surface area contributed by atoms with E-state index in [2.05, 4.69) is 163 Å². The predicted molar refractivity (Wildman–Crippen MR) is 236 cm³/mol. The molecule has 9 aromatic carbocycles. The molecule has 0 radical (unpaired) electrons. The lowest BCUT2D eigenvalue weighted by Crippen LogP contribution is -2.10. The smallest absolute Gasteiger partial charge is 0.143 e. The van der Waals surface area contributed by atoms with Gasteiger partial charge in [0.25, 0.3) is 0 Å². The van der Waals surface area contributed by atoms with Crippen LogP contribution in [0.3, 0.4) is 0 Å². The SMILES string of the molecule is c1ccc2c(c1)Oc1ccccc1-c1cc(N(c3ccc(-c4cccc5c4Oc4ccccc4-c4ccccc4-5)cc3)c3ccc4oc5ccccc5c4c3)ccc1-2. The molecule has 0 N–H and O–H groups in total. The first-order valence-electron chi connectivity index (χ1n) is 19.6. The van der Waals surface area contributed by atoms with E-state index in [9.17, 15) is 0 Å². The minimum atomic E-state index is 0.836. The highest BCUT2D eigenvalue weighted by molar-refractivity contribution is 6.07. The summed E-state index contributed by atoms with van der Waals surface area (Å²) in [6, 6.07) is 70.2. The summed E-state index contributed by atoms with van der Waals surface area (Å²) in [6.45, 7) is 0. The van der Waals surface area contributed by atoms with E-state index in [-0.39, 0.29) is 0 Å². The molecule has 0 unspecified atom stereocenters. The first-order chi connectivity index (χ1) is 28.7. The monoisotopic (exact) mass is 743 g/mol. The van der Waals surface area contributed by atoms with Gasteiger partial charge in [-0.3, -0.25) is 0 Å². The third kappa shape index (κ3) is 5.09. The van der Waals surface area contributed by atoms with Gasteiger partial charge in [-0.05, 0) is 94.5 Å². The minimum absolute atomic E-state index is 0.836. The molecule has 10 aromatic rings. The van der Waals surface area contributed by atoms with Crippen LogP contribution in [-0.2, 0) is 0 Å². The number of hydrogen-bond acceptors (Lipinski definition) is 4. The number of anilines is 3. The van der Waals surface area contributed by atoms with Crippen LogP contribution in [0.1, 0.15) is 0 Å². The largest absolute Gasteiger partial charge is 0.456 e. The summed E-state index contributed by atoms with van der Waals surface area (Å²) in [5.41, 5.74) is 15.8. The van der Waals surface area contributed by atoms with Gasteiger partial charge in [-0.15, -0.1) is 0 Å². The van der Waals surface area contributed by atoms with Gasteiger partial charge in [0.05, 0.1) is 0 Å². The number of ether oxygens (including phenoxy) is 2. The lowest BCUT2D eigenvalue weighted by molar-refractivity contribution is 0.487. The van der Waals surface area contributed by atoms with Gasteiger partial charge in [-0.2, -0.15) is 0 Å². The molecule has 12 rings (SSSR count). The molecule has 0 fully saturated rings. The number of hydrogen-bond donors (Lipinski definition) is 0. The Hall–Kier alpha value is -7.82. The molecule has 1 aromatic heterocycles. The number of benzene rings is 9. The predicted octanol–water partition coefficient (Wildman–Crippen LogP) is 15.6. The Bertz CT molecular complexity index is 3250. The average Bonchev–Trinajstić information content (AvgIpc) is 3.50. The maximum atomic E-state index is 6.84. The molecule has 0 aliphatic carbocycles. The zero-order chi connectivity index (χ0) is 38.2. The fraction of sp³-hybridized carbons (Fsp3) is 0. The van der Waals surface area contributed by atoms with Crippen molar-refractivity contribution < 1.29 is 13.9 Å². The fourth-order valence-electron chi connectivity index (χ4n) is 8.82. The van der Waals surface area contributed by atoms with Gasteiger partial charge >= 0.3 is 0 Å². The van der Waals surface area contributed by atoms with Crippen LogP contribution in [0.4, 0.5) is 17.1 Å².